The standard InChI is InChI=1S/C26H26F3N7O3/c1-14(23(30)38)16-5-4-6-17(9-16)33-24-20(26(27,28)29)11-31-25(35-24)34-21-8-7-18(10-22(21)39-3)32-19-12-36(13-19)15(2)37/h4-11,19,32H,1,12-13H2,2-3H3,(H2,30,38)(H2,31,33,34,35). The normalized spacial score (nSPS) is 13.3. The number of hydrogen-bond donors (Lipinski definition) is 4. The number of nitrogens with two attached hydrogens (primary N) is 1. The molecule has 1 aliphatic heterocycles. The highest BCUT2D eigenvalue weighted by atomic mass is 19.4. The predicted octanol–water partition coefficient (Wildman–Crippen LogP) is 4.13. The zero-order valence-corrected chi connectivity index (χ0v) is 21.1. The highest BCUT2D eigenvalue weighted by Gasteiger charge is 2.35. The van der Waals surface area contributed by atoms with Crippen LogP contribution in [0.3, 0.4) is 0 Å². The minimum Gasteiger partial charge on any atom is -0.494 e. The second-order valence-electron chi connectivity index (χ2n) is 8.81. The van der Waals surface area contributed by atoms with Gasteiger partial charge in [0, 0.05) is 49.2 Å². The summed E-state index contributed by atoms with van der Waals surface area (Å²) in [7, 11) is 1.46. The van der Waals surface area contributed by atoms with E-state index in [0.717, 1.165) is 5.69 Å². The molecule has 1 saturated heterocycles. The Hall–Kier alpha value is -4.81. The summed E-state index contributed by atoms with van der Waals surface area (Å²) in [6, 6.07) is 11.3. The Bertz CT molecular complexity index is 1420. The van der Waals surface area contributed by atoms with E-state index in [2.05, 4.69) is 32.5 Å². The maximum Gasteiger partial charge on any atom is 0.421 e. The lowest BCUT2D eigenvalue weighted by Crippen LogP contribution is -2.56. The zero-order chi connectivity index (χ0) is 28.3. The van der Waals surface area contributed by atoms with E-state index < -0.39 is 23.5 Å². The quantitative estimate of drug-likeness (QED) is 0.297. The molecule has 0 atom stereocenters. The zero-order valence-electron chi connectivity index (χ0n) is 21.1. The van der Waals surface area contributed by atoms with Crippen molar-refractivity contribution in [3.05, 3.63) is 66.4 Å². The number of nitrogens with zero attached hydrogens (tertiary/aromatic N) is 3. The summed E-state index contributed by atoms with van der Waals surface area (Å²) in [5, 5.41) is 8.85. The van der Waals surface area contributed by atoms with Gasteiger partial charge in [0.25, 0.3) is 0 Å². The summed E-state index contributed by atoms with van der Waals surface area (Å²) in [4.78, 5) is 32.4. The van der Waals surface area contributed by atoms with Gasteiger partial charge in [-0.2, -0.15) is 18.2 Å². The number of carbonyl (C=O) groups is 2. The first kappa shape index (κ1) is 27.2. The number of ether oxygens (including phenoxy) is 1. The van der Waals surface area contributed by atoms with Crippen molar-refractivity contribution < 1.29 is 27.5 Å². The first-order valence-corrected chi connectivity index (χ1v) is 11.7. The maximum atomic E-state index is 13.7. The number of anilines is 5. The number of amides is 2. The third kappa shape index (κ3) is 6.37. The Morgan fingerprint density at radius 1 is 1.13 bits per heavy atom. The van der Waals surface area contributed by atoms with Gasteiger partial charge in [-0.05, 0) is 29.8 Å². The van der Waals surface area contributed by atoms with Crippen LogP contribution in [0, 0.1) is 0 Å². The van der Waals surface area contributed by atoms with Gasteiger partial charge in [-0.15, -0.1) is 0 Å². The molecule has 0 saturated carbocycles. The van der Waals surface area contributed by atoms with Crippen molar-refractivity contribution in [2.75, 3.05) is 36.1 Å². The Morgan fingerprint density at radius 3 is 2.51 bits per heavy atom. The topological polar surface area (TPSA) is 134 Å². The van der Waals surface area contributed by atoms with Crippen LogP contribution in [0.1, 0.15) is 18.1 Å². The van der Waals surface area contributed by atoms with Gasteiger partial charge in [0.1, 0.15) is 17.1 Å². The number of alkyl halides is 3. The molecule has 2 amide bonds. The van der Waals surface area contributed by atoms with Gasteiger partial charge < -0.3 is 31.3 Å². The number of carbonyl (C=O) groups excluding carboxylic acids is 2. The van der Waals surface area contributed by atoms with Gasteiger partial charge in [-0.25, -0.2) is 4.98 Å². The van der Waals surface area contributed by atoms with Gasteiger partial charge in [-0.3, -0.25) is 9.59 Å². The number of halogens is 3. The van der Waals surface area contributed by atoms with E-state index in [4.69, 9.17) is 10.5 Å². The van der Waals surface area contributed by atoms with Crippen molar-refractivity contribution in [3.8, 4) is 5.75 Å². The number of rotatable bonds is 9. The fourth-order valence-corrected chi connectivity index (χ4v) is 3.88. The van der Waals surface area contributed by atoms with Gasteiger partial charge in [0.15, 0.2) is 0 Å². The van der Waals surface area contributed by atoms with Crippen LogP contribution >= 0.6 is 0 Å². The van der Waals surface area contributed by atoms with E-state index in [-0.39, 0.29) is 29.2 Å². The number of likely N-dealkylation sites (tertiary alicyclic amines) is 1. The monoisotopic (exact) mass is 541 g/mol. The lowest BCUT2D eigenvalue weighted by Gasteiger charge is -2.39. The van der Waals surface area contributed by atoms with E-state index in [9.17, 15) is 22.8 Å². The molecule has 0 unspecified atom stereocenters. The Balaban J connectivity index is 1.56. The fraction of sp³-hybridized carbons (Fsp3) is 0.231. The molecule has 2 heterocycles. The van der Waals surface area contributed by atoms with Crippen molar-refractivity contribution in [2.45, 2.75) is 19.1 Å². The van der Waals surface area contributed by atoms with E-state index in [1.807, 2.05) is 0 Å². The van der Waals surface area contributed by atoms with Crippen LogP contribution in [-0.4, -0.2) is 52.9 Å². The Morgan fingerprint density at radius 2 is 1.87 bits per heavy atom. The number of benzene rings is 2. The highest BCUT2D eigenvalue weighted by molar-refractivity contribution is 6.18. The molecule has 2 aromatic carbocycles. The second-order valence-corrected chi connectivity index (χ2v) is 8.81. The van der Waals surface area contributed by atoms with E-state index in [1.165, 1.54) is 26.2 Å². The molecule has 5 N–H and O–H groups in total. The molecule has 13 heteroatoms. The molecule has 1 aliphatic rings. The van der Waals surface area contributed by atoms with Crippen LogP contribution < -0.4 is 26.4 Å². The molecular formula is C26H26F3N7O3. The van der Waals surface area contributed by atoms with Crippen molar-refractivity contribution in [3.63, 3.8) is 0 Å². The first-order chi connectivity index (χ1) is 18.4. The van der Waals surface area contributed by atoms with Crippen LogP contribution in [0.15, 0.2) is 55.2 Å². The summed E-state index contributed by atoms with van der Waals surface area (Å²) in [6.07, 6.45) is -4.07. The van der Waals surface area contributed by atoms with E-state index in [1.54, 1.807) is 35.2 Å². The SMILES string of the molecule is C=C(C(N)=O)c1cccc(Nc2nc(Nc3ccc(NC4CN(C(C)=O)C4)cc3OC)ncc2C(F)(F)F)c1. The largest absolute Gasteiger partial charge is 0.494 e. The van der Waals surface area contributed by atoms with Crippen LogP contribution in [0.4, 0.5) is 42.0 Å². The number of primary amides is 1. The molecule has 3 aromatic rings. The minimum absolute atomic E-state index is 0.0123. The molecule has 0 radical (unpaired) electrons. The number of aromatic nitrogens is 2. The summed E-state index contributed by atoms with van der Waals surface area (Å²) < 4.78 is 46.6. The average molecular weight is 542 g/mol. The average Bonchev–Trinajstić information content (AvgIpc) is 2.85. The molecule has 39 heavy (non-hydrogen) atoms. The second kappa shape index (κ2) is 10.9. The third-order valence-corrected chi connectivity index (χ3v) is 6.01. The minimum atomic E-state index is -4.74. The van der Waals surface area contributed by atoms with Crippen molar-refractivity contribution in [2.24, 2.45) is 5.73 Å². The van der Waals surface area contributed by atoms with Crippen LogP contribution in [0.5, 0.6) is 5.75 Å². The Labute approximate surface area is 222 Å². The molecule has 0 bridgehead atoms. The van der Waals surface area contributed by atoms with Crippen LogP contribution in [0.2, 0.25) is 0 Å². The summed E-state index contributed by atoms with van der Waals surface area (Å²) in [5.41, 5.74) is 5.95. The highest BCUT2D eigenvalue weighted by Crippen LogP contribution is 2.36. The van der Waals surface area contributed by atoms with Crippen molar-refractivity contribution in [1.29, 1.82) is 0 Å². The van der Waals surface area contributed by atoms with Crippen molar-refractivity contribution in [1.82, 2.24) is 14.9 Å². The van der Waals surface area contributed by atoms with Crippen LogP contribution in [-0.2, 0) is 15.8 Å². The molecule has 0 spiro atoms. The van der Waals surface area contributed by atoms with E-state index in [0.29, 0.717) is 36.3 Å². The summed E-state index contributed by atoms with van der Waals surface area (Å²) in [5.74, 6) is -0.951. The molecule has 0 aliphatic carbocycles. The lowest BCUT2D eigenvalue weighted by atomic mass is 10.1. The fourth-order valence-electron chi connectivity index (χ4n) is 3.88. The number of methoxy groups -OCH3 is 1. The lowest BCUT2D eigenvalue weighted by molar-refractivity contribution is -0.137. The Kier molecular flexibility index (Phi) is 7.61. The van der Waals surface area contributed by atoms with Gasteiger partial charge in [0.05, 0.1) is 18.8 Å². The molecular weight excluding hydrogens is 515 g/mol. The van der Waals surface area contributed by atoms with Crippen molar-refractivity contribution >= 4 is 46.2 Å². The van der Waals surface area contributed by atoms with Gasteiger partial charge in [0.2, 0.25) is 17.8 Å². The first-order valence-electron chi connectivity index (χ1n) is 11.7. The molecule has 204 valence electrons. The molecule has 10 nitrogen and oxygen atoms in total. The van der Waals surface area contributed by atoms with Crippen LogP contribution in [0.25, 0.3) is 5.57 Å². The van der Waals surface area contributed by atoms with Gasteiger partial charge in [-0.1, -0.05) is 18.7 Å². The summed E-state index contributed by atoms with van der Waals surface area (Å²) >= 11 is 0. The molecule has 4 rings (SSSR count). The summed E-state index contributed by atoms with van der Waals surface area (Å²) in [6.45, 7) is 6.29. The predicted molar refractivity (Wildman–Crippen MR) is 141 cm³/mol. The number of nitrogens with one attached hydrogen (secondary N) is 3. The number of hydrogen-bond acceptors (Lipinski definition) is 8. The molecule has 1 fully saturated rings. The smallest absolute Gasteiger partial charge is 0.421 e. The molecule has 1 aromatic heterocycles. The van der Waals surface area contributed by atoms with Gasteiger partial charge >= 0.3 is 6.18 Å². The maximum absolute atomic E-state index is 13.7. The van der Waals surface area contributed by atoms with E-state index >= 15 is 0 Å². The third-order valence-electron chi connectivity index (χ3n) is 6.01.